The van der Waals surface area contributed by atoms with Crippen LogP contribution in [0.3, 0.4) is 0 Å². The van der Waals surface area contributed by atoms with Crippen molar-refractivity contribution in [2.75, 3.05) is 0 Å². The molecule has 80 valence electrons. The van der Waals surface area contributed by atoms with Crippen LogP contribution in [0.4, 0.5) is 0 Å². The minimum Gasteiger partial charge on any atom is -0.123 e. The fourth-order valence-electron chi connectivity index (χ4n) is 3.72. The molecule has 0 amide bonds. The van der Waals surface area contributed by atoms with E-state index in [-0.39, 0.29) is 5.54 Å². The lowest BCUT2D eigenvalue weighted by atomic mass is 9.77. The predicted octanol–water partition coefficient (Wildman–Crippen LogP) is 1.31. The molecule has 1 aliphatic heterocycles. The average Bonchev–Trinajstić information content (AvgIpc) is 2.87. The van der Waals surface area contributed by atoms with Crippen molar-refractivity contribution in [3.8, 4) is 0 Å². The van der Waals surface area contributed by atoms with E-state index in [1.165, 1.54) is 25.0 Å². The molecule has 2 unspecified atom stereocenters. The van der Waals surface area contributed by atoms with E-state index in [0.717, 1.165) is 6.42 Å². The molecule has 1 aromatic rings. The van der Waals surface area contributed by atoms with Crippen LogP contribution in [0.1, 0.15) is 25.0 Å². The molecule has 1 fully saturated rings. The highest BCUT2D eigenvalue weighted by molar-refractivity contribution is 5.33. The largest absolute Gasteiger partial charge is 0.171 e. The van der Waals surface area contributed by atoms with Gasteiger partial charge in [-0.2, -0.15) is 0 Å². The van der Waals surface area contributed by atoms with Crippen LogP contribution in [0.2, 0.25) is 0 Å². The van der Waals surface area contributed by atoms with E-state index in [9.17, 15) is 0 Å². The minimum absolute atomic E-state index is 0.151. The smallest absolute Gasteiger partial charge is 0.123 e. The standard InChI is InChI=1S/C13H14N3/c1-3-10-5-2-7-13(10)11(4-1)9-12-6-8-14-15-16(12)13/h1,3-4,6,8,11H,2,5,7,9H2/q+1. The summed E-state index contributed by atoms with van der Waals surface area (Å²) in [7, 11) is 0. The van der Waals surface area contributed by atoms with Crippen molar-refractivity contribution >= 4 is 0 Å². The molecule has 2 heterocycles. The fraction of sp³-hybridized carbons (Fsp3) is 0.462. The van der Waals surface area contributed by atoms with Gasteiger partial charge in [0.2, 0.25) is 0 Å². The molecule has 0 aromatic carbocycles. The van der Waals surface area contributed by atoms with Crippen LogP contribution >= 0.6 is 0 Å². The first-order valence-corrected chi connectivity index (χ1v) is 6.02. The van der Waals surface area contributed by atoms with Crippen LogP contribution < -0.4 is 4.68 Å². The molecule has 3 aliphatic rings. The molecule has 3 nitrogen and oxygen atoms in total. The van der Waals surface area contributed by atoms with Crippen LogP contribution in [0.5, 0.6) is 0 Å². The Bertz CT molecular complexity index is 518. The molecule has 16 heavy (non-hydrogen) atoms. The van der Waals surface area contributed by atoms with E-state index in [1.807, 2.05) is 6.20 Å². The predicted molar refractivity (Wildman–Crippen MR) is 58.5 cm³/mol. The molecular formula is C13H14N3+. The molecule has 0 saturated heterocycles. The summed E-state index contributed by atoms with van der Waals surface area (Å²) in [5.41, 5.74) is 3.04. The van der Waals surface area contributed by atoms with Gasteiger partial charge >= 0.3 is 0 Å². The highest BCUT2D eigenvalue weighted by atomic mass is 15.4. The van der Waals surface area contributed by atoms with Gasteiger partial charge in [-0.15, -0.1) is 4.68 Å². The molecule has 1 saturated carbocycles. The summed E-state index contributed by atoms with van der Waals surface area (Å²) >= 11 is 0. The van der Waals surface area contributed by atoms with Gasteiger partial charge in [0.15, 0.2) is 11.7 Å². The van der Waals surface area contributed by atoms with Crippen molar-refractivity contribution < 1.29 is 4.68 Å². The Morgan fingerprint density at radius 1 is 1.44 bits per heavy atom. The van der Waals surface area contributed by atoms with Crippen molar-refractivity contribution in [3.05, 3.63) is 41.8 Å². The van der Waals surface area contributed by atoms with Gasteiger partial charge in [-0.25, -0.2) is 0 Å². The molecule has 1 spiro atoms. The van der Waals surface area contributed by atoms with Gasteiger partial charge < -0.3 is 0 Å². The van der Waals surface area contributed by atoms with Gasteiger partial charge in [0.25, 0.3) is 0 Å². The number of nitrogens with zero attached hydrogens (tertiary/aromatic N) is 3. The first-order chi connectivity index (χ1) is 7.91. The Morgan fingerprint density at radius 2 is 2.44 bits per heavy atom. The second-order valence-electron chi connectivity index (χ2n) is 4.99. The third kappa shape index (κ3) is 0.833. The summed E-state index contributed by atoms with van der Waals surface area (Å²) in [5.74, 6) is 0.603. The monoisotopic (exact) mass is 212 g/mol. The Hall–Kier alpha value is -1.51. The summed E-state index contributed by atoms with van der Waals surface area (Å²) in [6, 6.07) is 2.11. The lowest BCUT2D eigenvalue weighted by Crippen LogP contribution is -2.59. The first kappa shape index (κ1) is 8.62. The molecule has 1 aromatic heterocycles. The number of rotatable bonds is 0. The number of fused-ring (bicyclic) bond motifs is 1. The van der Waals surface area contributed by atoms with Crippen LogP contribution in [0.25, 0.3) is 0 Å². The van der Waals surface area contributed by atoms with Gasteiger partial charge in [-0.05, 0) is 24.8 Å². The Kier molecular flexibility index (Phi) is 1.50. The van der Waals surface area contributed by atoms with Crippen molar-refractivity contribution in [3.63, 3.8) is 0 Å². The number of aromatic nitrogens is 3. The van der Waals surface area contributed by atoms with Gasteiger partial charge in [0.05, 0.1) is 5.10 Å². The van der Waals surface area contributed by atoms with E-state index in [0.29, 0.717) is 5.92 Å². The SMILES string of the molecule is C1=CC2Cc3ccnn[n+]3C23CCCC3=C1. The van der Waals surface area contributed by atoms with E-state index in [4.69, 9.17) is 0 Å². The van der Waals surface area contributed by atoms with Gasteiger partial charge in [0, 0.05) is 18.4 Å². The van der Waals surface area contributed by atoms with Crippen LogP contribution in [-0.2, 0) is 12.0 Å². The van der Waals surface area contributed by atoms with E-state index in [2.05, 4.69) is 39.3 Å². The molecule has 4 rings (SSSR count). The summed E-state index contributed by atoms with van der Waals surface area (Å²) < 4.78 is 2.19. The van der Waals surface area contributed by atoms with E-state index >= 15 is 0 Å². The quantitative estimate of drug-likeness (QED) is 0.607. The van der Waals surface area contributed by atoms with Crippen LogP contribution in [-0.4, -0.2) is 10.3 Å². The van der Waals surface area contributed by atoms with Gasteiger partial charge in [0.1, 0.15) is 10.9 Å². The van der Waals surface area contributed by atoms with Crippen LogP contribution in [0, 0.1) is 5.92 Å². The summed E-state index contributed by atoms with van der Waals surface area (Å²) in [6.45, 7) is 0. The molecule has 0 bridgehead atoms. The highest BCUT2D eigenvalue weighted by Gasteiger charge is 2.56. The topological polar surface area (TPSA) is 29.7 Å². The van der Waals surface area contributed by atoms with E-state index in [1.54, 1.807) is 5.57 Å². The zero-order valence-corrected chi connectivity index (χ0v) is 9.13. The molecule has 2 atom stereocenters. The van der Waals surface area contributed by atoms with Gasteiger partial charge in [-0.3, -0.25) is 0 Å². The van der Waals surface area contributed by atoms with Crippen molar-refractivity contribution in [1.82, 2.24) is 10.3 Å². The zero-order chi connectivity index (χ0) is 10.6. The molecule has 0 N–H and O–H groups in total. The lowest BCUT2D eigenvalue weighted by molar-refractivity contribution is -0.807. The average molecular weight is 212 g/mol. The molecule has 0 radical (unpaired) electrons. The normalized spacial score (nSPS) is 34.2. The molecular weight excluding hydrogens is 198 g/mol. The summed E-state index contributed by atoms with van der Waals surface area (Å²) in [5, 5.41) is 8.43. The lowest BCUT2D eigenvalue weighted by Gasteiger charge is -2.29. The number of hydrogen-bond acceptors (Lipinski definition) is 2. The Balaban J connectivity index is 2.00. The number of allylic oxidation sites excluding steroid dienone is 4. The van der Waals surface area contributed by atoms with Crippen molar-refractivity contribution in [2.24, 2.45) is 5.92 Å². The highest BCUT2D eigenvalue weighted by Crippen LogP contribution is 2.49. The second kappa shape index (κ2) is 2.78. The summed E-state index contributed by atoms with van der Waals surface area (Å²) in [4.78, 5) is 0. The van der Waals surface area contributed by atoms with Crippen LogP contribution in [0.15, 0.2) is 36.1 Å². The Morgan fingerprint density at radius 3 is 3.44 bits per heavy atom. The fourth-order valence-corrected chi connectivity index (χ4v) is 3.72. The maximum absolute atomic E-state index is 4.37. The van der Waals surface area contributed by atoms with Gasteiger partial charge in [-0.1, -0.05) is 18.2 Å². The second-order valence-corrected chi connectivity index (χ2v) is 4.99. The number of hydrogen-bond donors (Lipinski definition) is 0. The molecule has 2 aliphatic carbocycles. The summed E-state index contributed by atoms with van der Waals surface area (Å²) in [6.07, 6.45) is 13.5. The maximum Gasteiger partial charge on any atom is 0.171 e. The van der Waals surface area contributed by atoms with Crippen molar-refractivity contribution in [1.29, 1.82) is 0 Å². The first-order valence-electron chi connectivity index (χ1n) is 6.02. The van der Waals surface area contributed by atoms with Crippen molar-refractivity contribution in [2.45, 2.75) is 31.2 Å². The Labute approximate surface area is 94.5 Å². The third-order valence-electron chi connectivity index (χ3n) is 4.37. The third-order valence-corrected chi connectivity index (χ3v) is 4.37. The molecule has 3 heteroatoms. The zero-order valence-electron chi connectivity index (χ0n) is 9.13. The van der Waals surface area contributed by atoms with E-state index < -0.39 is 0 Å². The maximum atomic E-state index is 4.37. The minimum atomic E-state index is 0.151.